The summed E-state index contributed by atoms with van der Waals surface area (Å²) in [5, 5.41) is 14.3. The number of nitrogen functional groups attached to an aromatic ring is 1. The molecular weight excluding hydrogens is 272 g/mol. The minimum absolute atomic E-state index is 0.0857. The first-order chi connectivity index (χ1) is 10.0. The Hall–Kier alpha value is -1.96. The number of anilines is 2. The summed E-state index contributed by atoms with van der Waals surface area (Å²) in [5.74, 6) is 6.86. The van der Waals surface area contributed by atoms with Crippen LogP contribution in [0.15, 0.2) is 0 Å². The van der Waals surface area contributed by atoms with Gasteiger partial charge in [-0.2, -0.15) is 4.98 Å². The lowest BCUT2D eigenvalue weighted by molar-refractivity contribution is -0.385. The highest BCUT2D eigenvalue weighted by molar-refractivity contribution is 5.60. The molecule has 2 atom stereocenters. The Morgan fingerprint density at radius 2 is 2.10 bits per heavy atom. The van der Waals surface area contributed by atoms with Gasteiger partial charge in [0.1, 0.15) is 5.69 Å². The molecule has 0 spiro atoms. The molecule has 0 amide bonds. The minimum atomic E-state index is -0.456. The number of nitro groups is 1. The fourth-order valence-corrected chi connectivity index (χ4v) is 2.90. The van der Waals surface area contributed by atoms with Crippen LogP contribution in [-0.4, -0.2) is 21.4 Å². The van der Waals surface area contributed by atoms with Crippen LogP contribution in [-0.2, 0) is 0 Å². The standard InChI is InChI=1S/C13H22N6O2/c1-8-5-3-4-6-10(8)7-15-12-11(19(20)21)9(2)16-13(17-12)18-14/h8,10H,3-7,14H2,1-2H3,(H2,15,16,17,18). The monoisotopic (exact) mass is 294 g/mol. The highest BCUT2D eigenvalue weighted by Gasteiger charge is 2.25. The molecule has 8 heteroatoms. The Labute approximate surface area is 123 Å². The normalized spacial score (nSPS) is 21.9. The zero-order chi connectivity index (χ0) is 15.4. The van der Waals surface area contributed by atoms with Crippen molar-refractivity contribution in [3.8, 4) is 0 Å². The minimum Gasteiger partial charge on any atom is -0.364 e. The molecule has 1 saturated carbocycles. The van der Waals surface area contributed by atoms with Gasteiger partial charge in [-0.1, -0.05) is 26.2 Å². The zero-order valence-electron chi connectivity index (χ0n) is 12.4. The molecule has 8 nitrogen and oxygen atoms in total. The van der Waals surface area contributed by atoms with E-state index in [0.717, 1.165) is 6.42 Å². The maximum absolute atomic E-state index is 11.2. The molecule has 2 rings (SSSR count). The lowest BCUT2D eigenvalue weighted by Crippen LogP contribution is -2.25. The van der Waals surface area contributed by atoms with Gasteiger partial charge in [0.05, 0.1) is 4.92 Å². The van der Waals surface area contributed by atoms with Crippen molar-refractivity contribution in [3.05, 3.63) is 15.8 Å². The van der Waals surface area contributed by atoms with E-state index in [2.05, 4.69) is 27.6 Å². The fraction of sp³-hybridized carbons (Fsp3) is 0.692. The number of rotatable bonds is 5. The van der Waals surface area contributed by atoms with Crippen LogP contribution in [0, 0.1) is 28.9 Å². The number of hydrogen-bond donors (Lipinski definition) is 3. The predicted molar refractivity (Wildman–Crippen MR) is 80.8 cm³/mol. The van der Waals surface area contributed by atoms with Gasteiger partial charge in [-0.15, -0.1) is 0 Å². The van der Waals surface area contributed by atoms with E-state index >= 15 is 0 Å². The van der Waals surface area contributed by atoms with Crippen LogP contribution in [0.4, 0.5) is 17.5 Å². The summed E-state index contributed by atoms with van der Waals surface area (Å²) in [5.41, 5.74) is 2.54. The highest BCUT2D eigenvalue weighted by atomic mass is 16.6. The summed E-state index contributed by atoms with van der Waals surface area (Å²) in [7, 11) is 0. The predicted octanol–water partition coefficient (Wildman–Crippen LogP) is 2.22. The first kappa shape index (κ1) is 15.4. The van der Waals surface area contributed by atoms with Crippen molar-refractivity contribution in [2.45, 2.75) is 39.5 Å². The molecule has 2 unspecified atom stereocenters. The number of nitrogens with two attached hydrogens (primary N) is 1. The van der Waals surface area contributed by atoms with Crippen LogP contribution < -0.4 is 16.6 Å². The van der Waals surface area contributed by atoms with Gasteiger partial charge < -0.3 is 5.32 Å². The second kappa shape index (κ2) is 6.66. The van der Waals surface area contributed by atoms with E-state index in [1.54, 1.807) is 6.92 Å². The molecule has 1 heterocycles. The molecule has 1 fully saturated rings. The summed E-state index contributed by atoms with van der Waals surface area (Å²) >= 11 is 0. The van der Waals surface area contributed by atoms with Crippen LogP contribution in [0.1, 0.15) is 38.3 Å². The summed E-state index contributed by atoms with van der Waals surface area (Å²) in [6.45, 7) is 4.50. The van der Waals surface area contributed by atoms with Gasteiger partial charge in [0.25, 0.3) is 0 Å². The summed E-state index contributed by atoms with van der Waals surface area (Å²) in [4.78, 5) is 18.8. The van der Waals surface area contributed by atoms with Crippen molar-refractivity contribution < 1.29 is 4.92 Å². The Kier molecular flexibility index (Phi) is 4.89. The maximum Gasteiger partial charge on any atom is 0.332 e. The second-order valence-electron chi connectivity index (χ2n) is 5.63. The van der Waals surface area contributed by atoms with Gasteiger partial charge in [-0.25, -0.2) is 10.8 Å². The smallest absolute Gasteiger partial charge is 0.332 e. The van der Waals surface area contributed by atoms with Crippen molar-refractivity contribution >= 4 is 17.5 Å². The van der Waals surface area contributed by atoms with Gasteiger partial charge in [0.2, 0.25) is 11.8 Å². The van der Waals surface area contributed by atoms with Crippen molar-refractivity contribution in [2.24, 2.45) is 17.7 Å². The van der Waals surface area contributed by atoms with E-state index in [9.17, 15) is 10.1 Å². The maximum atomic E-state index is 11.2. The molecule has 116 valence electrons. The number of aromatic nitrogens is 2. The Bertz CT molecular complexity index is 522. The summed E-state index contributed by atoms with van der Waals surface area (Å²) < 4.78 is 0. The fourth-order valence-electron chi connectivity index (χ4n) is 2.90. The largest absolute Gasteiger partial charge is 0.364 e. The SMILES string of the molecule is Cc1nc(NN)nc(NCC2CCCCC2C)c1[N+](=O)[O-]. The van der Waals surface area contributed by atoms with E-state index < -0.39 is 4.92 Å². The molecule has 1 aromatic rings. The molecule has 0 aromatic carbocycles. The summed E-state index contributed by atoms with van der Waals surface area (Å²) in [6.07, 6.45) is 4.85. The van der Waals surface area contributed by atoms with Crippen LogP contribution >= 0.6 is 0 Å². The third-order valence-corrected chi connectivity index (χ3v) is 4.19. The average molecular weight is 294 g/mol. The van der Waals surface area contributed by atoms with Crippen LogP contribution in [0.3, 0.4) is 0 Å². The van der Waals surface area contributed by atoms with Gasteiger partial charge in [-0.3, -0.25) is 15.5 Å². The van der Waals surface area contributed by atoms with Gasteiger partial charge in [-0.05, 0) is 25.2 Å². The third kappa shape index (κ3) is 3.57. The zero-order valence-corrected chi connectivity index (χ0v) is 12.4. The molecule has 1 aliphatic rings. The lowest BCUT2D eigenvalue weighted by Gasteiger charge is -2.28. The number of aryl methyl sites for hydroxylation is 1. The van der Waals surface area contributed by atoms with Gasteiger partial charge in [0, 0.05) is 6.54 Å². The molecule has 1 aliphatic carbocycles. The quantitative estimate of drug-likeness (QED) is 0.432. The molecule has 0 aliphatic heterocycles. The average Bonchev–Trinajstić information content (AvgIpc) is 2.45. The van der Waals surface area contributed by atoms with Crippen molar-refractivity contribution in [2.75, 3.05) is 17.3 Å². The number of nitrogens with zero attached hydrogens (tertiary/aromatic N) is 3. The Balaban J connectivity index is 2.17. The van der Waals surface area contributed by atoms with Gasteiger partial charge >= 0.3 is 5.69 Å². The number of hydrazine groups is 1. The Morgan fingerprint density at radius 3 is 2.71 bits per heavy atom. The molecule has 0 saturated heterocycles. The molecule has 21 heavy (non-hydrogen) atoms. The molecule has 0 bridgehead atoms. The highest BCUT2D eigenvalue weighted by Crippen LogP contribution is 2.31. The molecule has 1 aromatic heterocycles. The van der Waals surface area contributed by atoms with E-state index in [-0.39, 0.29) is 17.5 Å². The second-order valence-corrected chi connectivity index (χ2v) is 5.63. The molecule has 0 radical (unpaired) electrons. The van der Waals surface area contributed by atoms with Crippen LogP contribution in [0.5, 0.6) is 0 Å². The van der Waals surface area contributed by atoms with E-state index in [1.807, 2.05) is 0 Å². The number of nitrogens with one attached hydrogen (secondary N) is 2. The molecular formula is C13H22N6O2. The van der Waals surface area contributed by atoms with E-state index in [4.69, 9.17) is 5.84 Å². The van der Waals surface area contributed by atoms with E-state index in [1.165, 1.54) is 19.3 Å². The van der Waals surface area contributed by atoms with Gasteiger partial charge in [0.15, 0.2) is 0 Å². The van der Waals surface area contributed by atoms with Crippen molar-refractivity contribution in [1.29, 1.82) is 0 Å². The topological polar surface area (TPSA) is 119 Å². The molecule has 4 N–H and O–H groups in total. The third-order valence-electron chi connectivity index (χ3n) is 4.19. The lowest BCUT2D eigenvalue weighted by atomic mass is 9.80. The summed E-state index contributed by atoms with van der Waals surface area (Å²) in [6, 6.07) is 0. The first-order valence-corrected chi connectivity index (χ1v) is 7.26. The number of hydrogen-bond acceptors (Lipinski definition) is 7. The van der Waals surface area contributed by atoms with E-state index in [0.29, 0.717) is 24.1 Å². The van der Waals surface area contributed by atoms with Crippen molar-refractivity contribution in [1.82, 2.24) is 9.97 Å². The van der Waals surface area contributed by atoms with Crippen LogP contribution in [0.25, 0.3) is 0 Å². The first-order valence-electron chi connectivity index (χ1n) is 7.26. The van der Waals surface area contributed by atoms with Crippen LogP contribution in [0.2, 0.25) is 0 Å². The Morgan fingerprint density at radius 1 is 1.38 bits per heavy atom. The van der Waals surface area contributed by atoms with Crippen molar-refractivity contribution in [3.63, 3.8) is 0 Å².